The molecule has 0 aliphatic rings. The van der Waals surface area contributed by atoms with Gasteiger partial charge in [-0.05, 0) is 25.7 Å². The van der Waals surface area contributed by atoms with E-state index in [1.807, 2.05) is 0 Å². The van der Waals surface area contributed by atoms with Crippen LogP contribution in [0.25, 0.3) is 0 Å². The van der Waals surface area contributed by atoms with Crippen molar-refractivity contribution in [2.24, 2.45) is 5.92 Å². The normalized spacial score (nSPS) is 13.2. The predicted molar refractivity (Wildman–Crippen MR) is 43.5 cm³/mol. The maximum atomic E-state index is 3.86. The highest BCUT2D eigenvalue weighted by molar-refractivity contribution is 4.87. The van der Waals surface area contributed by atoms with Crippen molar-refractivity contribution in [3.63, 3.8) is 0 Å². The first-order valence-electron chi connectivity index (χ1n) is 3.81. The number of allylic oxidation sites excluding steroid dienone is 1. The summed E-state index contributed by atoms with van der Waals surface area (Å²) in [5, 5.41) is 0. The van der Waals surface area contributed by atoms with Gasteiger partial charge in [0.2, 0.25) is 0 Å². The summed E-state index contributed by atoms with van der Waals surface area (Å²) in [6.07, 6.45) is 3.81. The van der Waals surface area contributed by atoms with Crippen LogP contribution >= 0.6 is 0 Å². The lowest BCUT2D eigenvalue weighted by Crippen LogP contribution is -1.91. The molecule has 1 atom stereocenters. The van der Waals surface area contributed by atoms with Crippen LogP contribution in [-0.2, 0) is 0 Å². The zero-order valence-corrected chi connectivity index (χ0v) is 6.91. The maximum Gasteiger partial charge on any atom is -0.0323 e. The van der Waals surface area contributed by atoms with Crippen molar-refractivity contribution >= 4 is 0 Å². The molecule has 0 radical (unpaired) electrons. The number of rotatable bonds is 4. The Bertz CT molecular complexity index is 82.0. The van der Waals surface area contributed by atoms with Gasteiger partial charge in [-0.3, -0.25) is 0 Å². The Balaban J connectivity index is 3.16. The van der Waals surface area contributed by atoms with Gasteiger partial charge in [0.15, 0.2) is 0 Å². The minimum absolute atomic E-state index is 0.877. The average Bonchev–Trinajstić information content (AvgIpc) is 1.83. The molecule has 0 fully saturated rings. The topological polar surface area (TPSA) is 0 Å². The van der Waals surface area contributed by atoms with Crippen molar-refractivity contribution in [3.8, 4) is 0 Å². The monoisotopic (exact) mass is 126 g/mol. The summed E-state index contributed by atoms with van der Waals surface area (Å²) in [4.78, 5) is 0. The lowest BCUT2D eigenvalue weighted by Gasteiger charge is -2.06. The molecular formula is C9H18. The van der Waals surface area contributed by atoms with Crippen LogP contribution in [-0.4, -0.2) is 0 Å². The molecule has 0 heterocycles. The van der Waals surface area contributed by atoms with E-state index < -0.39 is 0 Å². The lowest BCUT2D eigenvalue weighted by atomic mass is 10.0. The molecule has 0 aliphatic carbocycles. The van der Waals surface area contributed by atoms with Crippen molar-refractivity contribution < 1.29 is 0 Å². The van der Waals surface area contributed by atoms with Gasteiger partial charge in [-0.25, -0.2) is 0 Å². The zero-order chi connectivity index (χ0) is 7.28. The van der Waals surface area contributed by atoms with Gasteiger partial charge in [0.1, 0.15) is 0 Å². The second-order valence-electron chi connectivity index (χ2n) is 3.01. The van der Waals surface area contributed by atoms with Crippen LogP contribution < -0.4 is 0 Å². The number of hydrogen-bond acceptors (Lipinski definition) is 0. The molecule has 0 nitrogen and oxygen atoms in total. The molecule has 1 unspecified atom stereocenters. The molecule has 0 aromatic carbocycles. The van der Waals surface area contributed by atoms with Crippen molar-refractivity contribution in [2.75, 3.05) is 0 Å². The molecule has 0 N–H and O–H groups in total. The van der Waals surface area contributed by atoms with E-state index in [2.05, 4.69) is 27.4 Å². The minimum Gasteiger partial charge on any atom is -0.100 e. The Kier molecular flexibility index (Phi) is 4.47. The smallest absolute Gasteiger partial charge is 0.0323 e. The van der Waals surface area contributed by atoms with Crippen molar-refractivity contribution in [2.45, 2.75) is 40.0 Å². The predicted octanol–water partition coefficient (Wildman–Crippen LogP) is 3.39. The molecule has 0 saturated carbocycles. The fourth-order valence-corrected chi connectivity index (χ4v) is 0.697. The molecule has 0 rings (SSSR count). The quantitative estimate of drug-likeness (QED) is 0.506. The Morgan fingerprint density at radius 2 is 2.11 bits per heavy atom. The van der Waals surface area contributed by atoms with E-state index >= 15 is 0 Å². The van der Waals surface area contributed by atoms with Crippen LogP contribution in [0.3, 0.4) is 0 Å². The zero-order valence-electron chi connectivity index (χ0n) is 6.91. The van der Waals surface area contributed by atoms with E-state index in [0.717, 1.165) is 5.92 Å². The van der Waals surface area contributed by atoms with E-state index in [9.17, 15) is 0 Å². The highest BCUT2D eigenvalue weighted by Gasteiger charge is 1.96. The minimum atomic E-state index is 0.877. The van der Waals surface area contributed by atoms with Gasteiger partial charge in [0.25, 0.3) is 0 Å². The van der Waals surface area contributed by atoms with Gasteiger partial charge < -0.3 is 0 Å². The summed E-state index contributed by atoms with van der Waals surface area (Å²) in [5.74, 6) is 0.877. The first-order valence-corrected chi connectivity index (χ1v) is 3.81. The summed E-state index contributed by atoms with van der Waals surface area (Å²) in [6.45, 7) is 10.5. The van der Waals surface area contributed by atoms with Crippen LogP contribution in [0, 0.1) is 5.92 Å². The van der Waals surface area contributed by atoms with E-state index in [1.54, 1.807) is 0 Å². The Labute approximate surface area is 59.0 Å². The van der Waals surface area contributed by atoms with Gasteiger partial charge in [-0.1, -0.05) is 25.8 Å². The van der Waals surface area contributed by atoms with Gasteiger partial charge in [-0.15, -0.1) is 6.58 Å². The lowest BCUT2D eigenvalue weighted by molar-refractivity contribution is 0.516. The molecule has 0 spiro atoms. The van der Waals surface area contributed by atoms with E-state index in [0.29, 0.717) is 0 Å². The third-order valence-electron chi connectivity index (χ3n) is 1.76. The van der Waals surface area contributed by atoms with Crippen LogP contribution in [0.4, 0.5) is 0 Å². The van der Waals surface area contributed by atoms with Crippen molar-refractivity contribution in [3.05, 3.63) is 12.2 Å². The Morgan fingerprint density at radius 1 is 1.56 bits per heavy atom. The Hall–Kier alpha value is -0.260. The molecule has 0 aromatic rings. The molecule has 54 valence electrons. The largest absolute Gasteiger partial charge is 0.100 e. The fourth-order valence-electron chi connectivity index (χ4n) is 0.697. The summed E-state index contributed by atoms with van der Waals surface area (Å²) in [6, 6.07) is 0. The highest BCUT2D eigenvalue weighted by Crippen LogP contribution is 2.12. The van der Waals surface area contributed by atoms with E-state index in [4.69, 9.17) is 0 Å². The summed E-state index contributed by atoms with van der Waals surface area (Å²) < 4.78 is 0. The molecule has 9 heavy (non-hydrogen) atoms. The maximum absolute atomic E-state index is 3.86. The van der Waals surface area contributed by atoms with Crippen molar-refractivity contribution in [1.82, 2.24) is 0 Å². The average molecular weight is 126 g/mol. The van der Waals surface area contributed by atoms with Gasteiger partial charge in [-0.2, -0.15) is 0 Å². The number of hydrogen-bond donors (Lipinski definition) is 0. The molecule has 0 aromatic heterocycles. The van der Waals surface area contributed by atoms with Crippen molar-refractivity contribution in [1.29, 1.82) is 0 Å². The van der Waals surface area contributed by atoms with Crippen LogP contribution in [0.15, 0.2) is 12.2 Å². The second kappa shape index (κ2) is 4.60. The Morgan fingerprint density at radius 3 is 2.44 bits per heavy atom. The summed E-state index contributed by atoms with van der Waals surface area (Å²) in [5.41, 5.74) is 1.32. The van der Waals surface area contributed by atoms with Crippen LogP contribution in [0.5, 0.6) is 0 Å². The van der Waals surface area contributed by atoms with Gasteiger partial charge in [0.05, 0.1) is 0 Å². The first-order chi connectivity index (χ1) is 4.16. The van der Waals surface area contributed by atoms with E-state index in [-0.39, 0.29) is 0 Å². The molecule has 0 bridgehead atoms. The highest BCUT2D eigenvalue weighted by atomic mass is 14.0. The van der Waals surface area contributed by atoms with Crippen LogP contribution in [0.2, 0.25) is 0 Å². The molecule has 0 aliphatic heterocycles. The molecule has 0 heteroatoms. The second-order valence-corrected chi connectivity index (χ2v) is 3.01. The van der Waals surface area contributed by atoms with Gasteiger partial charge >= 0.3 is 0 Å². The van der Waals surface area contributed by atoms with Gasteiger partial charge in [0, 0.05) is 0 Å². The molecule has 0 saturated heterocycles. The third kappa shape index (κ3) is 5.61. The third-order valence-corrected chi connectivity index (χ3v) is 1.76. The summed E-state index contributed by atoms with van der Waals surface area (Å²) in [7, 11) is 0. The molecule has 0 amide bonds. The first kappa shape index (κ1) is 8.74. The van der Waals surface area contributed by atoms with E-state index in [1.165, 1.54) is 24.8 Å². The summed E-state index contributed by atoms with van der Waals surface area (Å²) >= 11 is 0. The fraction of sp³-hybridized carbons (Fsp3) is 0.778. The standard InChI is InChI=1S/C9H18/c1-5-9(4)7-6-8(2)3/h9H,2,5-7H2,1,3-4H3. The molecular weight excluding hydrogens is 108 g/mol. The SMILES string of the molecule is C=C(C)CCC(C)CC. The van der Waals surface area contributed by atoms with Crippen LogP contribution in [0.1, 0.15) is 40.0 Å².